The predicted octanol–water partition coefficient (Wildman–Crippen LogP) is 4.41. The Morgan fingerprint density at radius 2 is 1.45 bits per heavy atom. The maximum absolute atomic E-state index is 12.8. The molecule has 0 aliphatic rings. The van der Waals surface area contributed by atoms with Gasteiger partial charge in [-0.25, -0.2) is 8.42 Å². The number of nitrogens with one attached hydrogen (secondary N) is 3. The molecule has 3 aromatic rings. The summed E-state index contributed by atoms with van der Waals surface area (Å²) in [6.45, 7) is 0. The van der Waals surface area contributed by atoms with Crippen LogP contribution in [0.2, 0.25) is 10.0 Å². The molecule has 7 nitrogen and oxygen atoms in total. The number of hydrogen-bond donors (Lipinski definition) is 3. The molecule has 0 saturated heterocycles. The Morgan fingerprint density at radius 1 is 0.806 bits per heavy atom. The van der Waals surface area contributed by atoms with Gasteiger partial charge in [-0.05, 0) is 54.6 Å². The first-order valence-corrected chi connectivity index (χ1v) is 11.2. The predicted molar refractivity (Wildman–Crippen MR) is 121 cm³/mol. The third-order valence-corrected chi connectivity index (χ3v) is 6.41. The van der Waals surface area contributed by atoms with Gasteiger partial charge in [-0.3, -0.25) is 14.3 Å². The quantitative estimate of drug-likeness (QED) is 0.488. The van der Waals surface area contributed by atoms with Crippen molar-refractivity contribution in [3.8, 4) is 0 Å². The first-order valence-electron chi connectivity index (χ1n) is 8.91. The summed E-state index contributed by atoms with van der Waals surface area (Å²) in [6, 6.07) is 16.5. The smallest absolute Gasteiger partial charge is 0.263 e. The van der Waals surface area contributed by atoms with Crippen molar-refractivity contribution in [1.82, 2.24) is 5.32 Å². The SMILES string of the molecule is CNC(=O)c1ccc(NC(=O)c2ccc(Cl)c(S(=O)(=O)Nc3ccccc3Cl)c2)cc1. The van der Waals surface area contributed by atoms with Gasteiger partial charge >= 0.3 is 0 Å². The number of anilines is 2. The van der Waals surface area contributed by atoms with Crippen LogP contribution in [0.5, 0.6) is 0 Å². The topological polar surface area (TPSA) is 104 Å². The van der Waals surface area contributed by atoms with E-state index in [1.807, 2.05) is 0 Å². The van der Waals surface area contributed by atoms with Crippen LogP contribution in [0.4, 0.5) is 11.4 Å². The normalized spacial score (nSPS) is 10.9. The highest BCUT2D eigenvalue weighted by Gasteiger charge is 2.21. The molecule has 0 unspecified atom stereocenters. The molecule has 0 heterocycles. The molecule has 10 heteroatoms. The van der Waals surface area contributed by atoms with Crippen LogP contribution in [-0.4, -0.2) is 27.3 Å². The first kappa shape index (κ1) is 22.6. The second kappa shape index (κ2) is 9.38. The first-order chi connectivity index (χ1) is 14.7. The van der Waals surface area contributed by atoms with Crippen LogP contribution < -0.4 is 15.4 Å². The zero-order valence-electron chi connectivity index (χ0n) is 16.1. The largest absolute Gasteiger partial charge is 0.355 e. The third kappa shape index (κ3) is 5.35. The molecule has 0 saturated carbocycles. The Hall–Kier alpha value is -3.07. The number of carbonyl (C=O) groups excluding carboxylic acids is 2. The van der Waals surface area contributed by atoms with E-state index in [-0.39, 0.29) is 32.1 Å². The monoisotopic (exact) mass is 477 g/mol. The summed E-state index contributed by atoms with van der Waals surface area (Å²) in [6.07, 6.45) is 0. The molecule has 0 fully saturated rings. The van der Waals surface area contributed by atoms with Gasteiger partial charge < -0.3 is 10.6 Å². The zero-order valence-corrected chi connectivity index (χ0v) is 18.5. The van der Waals surface area contributed by atoms with Gasteiger partial charge in [0.2, 0.25) is 0 Å². The zero-order chi connectivity index (χ0) is 22.6. The van der Waals surface area contributed by atoms with Gasteiger partial charge in [0.05, 0.1) is 15.7 Å². The molecule has 0 aliphatic heterocycles. The number of para-hydroxylation sites is 1. The number of carbonyl (C=O) groups is 2. The molecule has 0 radical (unpaired) electrons. The van der Waals surface area contributed by atoms with Crippen LogP contribution in [0.1, 0.15) is 20.7 Å². The summed E-state index contributed by atoms with van der Waals surface area (Å²) >= 11 is 12.1. The molecule has 31 heavy (non-hydrogen) atoms. The molecular weight excluding hydrogens is 461 g/mol. The molecule has 3 N–H and O–H groups in total. The number of benzene rings is 3. The fourth-order valence-electron chi connectivity index (χ4n) is 2.65. The fourth-order valence-corrected chi connectivity index (χ4v) is 4.49. The molecule has 0 aromatic heterocycles. The van der Waals surface area contributed by atoms with E-state index in [0.29, 0.717) is 11.3 Å². The lowest BCUT2D eigenvalue weighted by Crippen LogP contribution is -2.18. The van der Waals surface area contributed by atoms with E-state index in [1.165, 1.54) is 31.3 Å². The van der Waals surface area contributed by atoms with Crippen molar-refractivity contribution in [2.75, 3.05) is 17.1 Å². The minimum Gasteiger partial charge on any atom is -0.355 e. The van der Waals surface area contributed by atoms with E-state index in [9.17, 15) is 18.0 Å². The molecule has 2 amide bonds. The minimum atomic E-state index is -4.10. The van der Waals surface area contributed by atoms with Crippen LogP contribution in [0.15, 0.2) is 71.6 Å². The van der Waals surface area contributed by atoms with E-state index in [1.54, 1.807) is 42.5 Å². The lowest BCUT2D eigenvalue weighted by molar-refractivity contribution is 0.0962. The molecule has 0 aliphatic carbocycles. The number of hydrogen-bond acceptors (Lipinski definition) is 4. The van der Waals surface area contributed by atoms with Gasteiger partial charge in [-0.15, -0.1) is 0 Å². The molecular formula is C21H17Cl2N3O4S. The fraction of sp³-hybridized carbons (Fsp3) is 0.0476. The molecule has 3 aromatic carbocycles. The molecule has 3 rings (SSSR count). The highest BCUT2D eigenvalue weighted by molar-refractivity contribution is 7.92. The Labute approximate surface area is 189 Å². The van der Waals surface area contributed by atoms with E-state index in [2.05, 4.69) is 15.4 Å². The van der Waals surface area contributed by atoms with Crippen LogP contribution in [0.25, 0.3) is 0 Å². The van der Waals surface area contributed by atoms with Gasteiger partial charge in [-0.2, -0.15) is 0 Å². The average molecular weight is 478 g/mol. The molecule has 0 bridgehead atoms. The van der Waals surface area contributed by atoms with E-state index in [4.69, 9.17) is 23.2 Å². The second-order valence-corrected chi connectivity index (χ2v) is 8.81. The van der Waals surface area contributed by atoms with Crippen molar-refractivity contribution in [1.29, 1.82) is 0 Å². The van der Waals surface area contributed by atoms with Gasteiger partial charge in [0.25, 0.3) is 21.8 Å². The van der Waals surface area contributed by atoms with Crippen molar-refractivity contribution >= 4 is 56.4 Å². The Bertz CT molecular complexity index is 1250. The van der Waals surface area contributed by atoms with Crippen LogP contribution in [-0.2, 0) is 10.0 Å². The van der Waals surface area contributed by atoms with Crippen molar-refractivity contribution in [3.05, 3.63) is 87.9 Å². The Kier molecular flexibility index (Phi) is 6.84. The van der Waals surface area contributed by atoms with Crippen LogP contribution in [0, 0.1) is 0 Å². The van der Waals surface area contributed by atoms with Gasteiger partial charge in [0.15, 0.2) is 0 Å². The number of sulfonamides is 1. The molecule has 0 atom stereocenters. The van der Waals surface area contributed by atoms with Crippen molar-refractivity contribution in [3.63, 3.8) is 0 Å². The summed E-state index contributed by atoms with van der Waals surface area (Å²) in [7, 11) is -2.59. The van der Waals surface area contributed by atoms with Crippen molar-refractivity contribution < 1.29 is 18.0 Å². The van der Waals surface area contributed by atoms with Crippen molar-refractivity contribution in [2.24, 2.45) is 0 Å². The summed E-state index contributed by atoms with van der Waals surface area (Å²) in [5, 5.41) is 5.32. The van der Waals surface area contributed by atoms with Crippen molar-refractivity contribution in [2.45, 2.75) is 4.90 Å². The van der Waals surface area contributed by atoms with Gasteiger partial charge in [0, 0.05) is 23.9 Å². The molecule has 160 valence electrons. The van der Waals surface area contributed by atoms with Gasteiger partial charge in [0.1, 0.15) is 4.90 Å². The Balaban J connectivity index is 1.84. The average Bonchev–Trinajstić information content (AvgIpc) is 2.75. The summed E-state index contributed by atoms with van der Waals surface area (Å²) in [4.78, 5) is 24.0. The lowest BCUT2D eigenvalue weighted by atomic mass is 10.1. The standard InChI is InChI=1S/C21H17Cl2N3O4S/c1-24-20(27)13-6-9-15(10-7-13)25-21(28)14-8-11-17(23)19(12-14)31(29,30)26-18-5-3-2-4-16(18)22/h2-12,26H,1H3,(H,24,27)(H,25,28). The minimum absolute atomic E-state index is 0.0500. The van der Waals surface area contributed by atoms with Gasteiger partial charge in [-0.1, -0.05) is 35.3 Å². The van der Waals surface area contributed by atoms with E-state index in [0.717, 1.165) is 0 Å². The summed E-state index contributed by atoms with van der Waals surface area (Å²) in [5.41, 5.74) is 1.14. The molecule has 0 spiro atoms. The maximum Gasteiger partial charge on any atom is 0.263 e. The van der Waals surface area contributed by atoms with E-state index >= 15 is 0 Å². The second-order valence-electron chi connectivity index (χ2n) is 6.34. The van der Waals surface area contributed by atoms with Crippen LogP contribution in [0.3, 0.4) is 0 Å². The number of halogens is 2. The highest BCUT2D eigenvalue weighted by atomic mass is 35.5. The maximum atomic E-state index is 12.8. The number of amides is 2. The highest BCUT2D eigenvalue weighted by Crippen LogP contribution is 2.28. The third-order valence-electron chi connectivity index (χ3n) is 4.23. The summed E-state index contributed by atoms with van der Waals surface area (Å²) < 4.78 is 28.0. The lowest BCUT2D eigenvalue weighted by Gasteiger charge is -2.12. The number of rotatable bonds is 6. The van der Waals surface area contributed by atoms with Crippen LogP contribution >= 0.6 is 23.2 Å². The Morgan fingerprint density at radius 3 is 2.10 bits per heavy atom. The summed E-state index contributed by atoms with van der Waals surface area (Å²) in [5.74, 6) is -0.796. The van der Waals surface area contributed by atoms with E-state index < -0.39 is 15.9 Å².